The Morgan fingerprint density at radius 1 is 1.44 bits per heavy atom. The van der Waals surface area contributed by atoms with Gasteiger partial charge in [0.1, 0.15) is 10.7 Å². The van der Waals surface area contributed by atoms with Gasteiger partial charge in [0.15, 0.2) is 0 Å². The second-order valence-electron chi connectivity index (χ2n) is 3.92. The van der Waals surface area contributed by atoms with Crippen LogP contribution in [0.3, 0.4) is 0 Å². The molecule has 0 atom stereocenters. The van der Waals surface area contributed by atoms with E-state index in [1.807, 2.05) is 6.92 Å². The normalized spacial score (nSPS) is 10.3. The Hall–Kier alpha value is -1.88. The molecule has 0 saturated carbocycles. The van der Waals surface area contributed by atoms with Crippen LogP contribution in [0.2, 0.25) is 0 Å². The number of carbonyl (C=O) groups is 1. The van der Waals surface area contributed by atoms with E-state index in [-0.39, 0.29) is 10.7 Å². The monoisotopic (exact) mass is 265 g/mol. The fourth-order valence-electron chi connectivity index (χ4n) is 1.63. The molecule has 0 unspecified atom stereocenters. The third-order valence-corrected chi connectivity index (χ3v) is 3.48. The largest absolute Gasteiger partial charge is 0.477 e. The van der Waals surface area contributed by atoms with Crippen LogP contribution in [-0.4, -0.2) is 11.1 Å². The molecule has 1 aromatic heterocycles. The first-order valence-corrected chi connectivity index (χ1v) is 6.25. The van der Waals surface area contributed by atoms with Gasteiger partial charge in [-0.15, -0.1) is 11.3 Å². The van der Waals surface area contributed by atoms with Crippen molar-refractivity contribution in [2.75, 3.05) is 5.32 Å². The summed E-state index contributed by atoms with van der Waals surface area (Å²) in [6.45, 7) is 2.17. The number of aryl methyl sites for hydroxylation is 1. The van der Waals surface area contributed by atoms with Crippen molar-refractivity contribution in [2.45, 2.75) is 13.5 Å². The van der Waals surface area contributed by atoms with Gasteiger partial charge in [-0.1, -0.05) is 6.07 Å². The minimum absolute atomic E-state index is 0.288. The molecule has 0 radical (unpaired) electrons. The lowest BCUT2D eigenvalue weighted by Crippen LogP contribution is -2.05. The SMILES string of the molecule is Cc1ccc(F)c(NCc2ccsc2C(=O)O)c1. The second-order valence-corrected chi connectivity index (χ2v) is 4.83. The maximum Gasteiger partial charge on any atom is 0.346 e. The van der Waals surface area contributed by atoms with Gasteiger partial charge in [-0.25, -0.2) is 9.18 Å². The van der Waals surface area contributed by atoms with E-state index in [0.717, 1.165) is 5.56 Å². The summed E-state index contributed by atoms with van der Waals surface area (Å²) in [5, 5.41) is 13.6. The maximum absolute atomic E-state index is 13.5. The van der Waals surface area contributed by atoms with Crippen molar-refractivity contribution in [3.05, 3.63) is 51.5 Å². The number of aromatic carboxylic acids is 1. The first kappa shape index (κ1) is 12.6. The zero-order chi connectivity index (χ0) is 13.1. The highest BCUT2D eigenvalue weighted by Gasteiger charge is 2.11. The number of carboxylic acid groups (broad SMARTS) is 1. The van der Waals surface area contributed by atoms with Crippen molar-refractivity contribution < 1.29 is 14.3 Å². The Morgan fingerprint density at radius 2 is 2.22 bits per heavy atom. The molecule has 0 aliphatic heterocycles. The maximum atomic E-state index is 13.5. The minimum Gasteiger partial charge on any atom is -0.477 e. The van der Waals surface area contributed by atoms with E-state index in [2.05, 4.69) is 5.32 Å². The van der Waals surface area contributed by atoms with E-state index in [1.54, 1.807) is 23.6 Å². The first-order chi connectivity index (χ1) is 8.58. The van der Waals surface area contributed by atoms with E-state index in [9.17, 15) is 9.18 Å². The minimum atomic E-state index is -0.952. The third-order valence-electron chi connectivity index (χ3n) is 2.53. The summed E-state index contributed by atoms with van der Waals surface area (Å²) < 4.78 is 13.5. The van der Waals surface area contributed by atoms with Crippen molar-refractivity contribution in [1.29, 1.82) is 0 Å². The zero-order valence-corrected chi connectivity index (χ0v) is 10.6. The van der Waals surface area contributed by atoms with Gasteiger partial charge in [-0.05, 0) is 41.6 Å². The van der Waals surface area contributed by atoms with Crippen LogP contribution in [-0.2, 0) is 6.54 Å². The molecule has 0 amide bonds. The van der Waals surface area contributed by atoms with Crippen LogP contribution in [0.1, 0.15) is 20.8 Å². The molecule has 3 nitrogen and oxygen atoms in total. The van der Waals surface area contributed by atoms with Gasteiger partial charge < -0.3 is 10.4 Å². The first-order valence-electron chi connectivity index (χ1n) is 5.37. The number of rotatable bonds is 4. The van der Waals surface area contributed by atoms with Crippen LogP contribution in [0, 0.1) is 12.7 Å². The number of nitrogens with one attached hydrogen (secondary N) is 1. The van der Waals surface area contributed by atoms with Crippen molar-refractivity contribution in [3.63, 3.8) is 0 Å². The highest BCUT2D eigenvalue weighted by atomic mass is 32.1. The number of hydrogen-bond acceptors (Lipinski definition) is 3. The summed E-state index contributed by atoms with van der Waals surface area (Å²) in [5.41, 5.74) is 1.99. The molecule has 0 aliphatic rings. The summed E-state index contributed by atoms with van der Waals surface area (Å²) in [6, 6.07) is 6.51. The molecule has 2 N–H and O–H groups in total. The van der Waals surface area contributed by atoms with Gasteiger partial charge in [0.05, 0.1) is 5.69 Å². The Morgan fingerprint density at radius 3 is 2.94 bits per heavy atom. The highest BCUT2D eigenvalue weighted by Crippen LogP contribution is 2.20. The molecule has 5 heteroatoms. The average molecular weight is 265 g/mol. The Kier molecular flexibility index (Phi) is 3.62. The smallest absolute Gasteiger partial charge is 0.346 e. The quantitative estimate of drug-likeness (QED) is 0.889. The van der Waals surface area contributed by atoms with E-state index in [1.165, 1.54) is 17.4 Å². The van der Waals surface area contributed by atoms with E-state index in [0.29, 0.717) is 17.8 Å². The molecule has 0 spiro atoms. The second kappa shape index (κ2) is 5.18. The van der Waals surface area contributed by atoms with Gasteiger partial charge in [0.2, 0.25) is 0 Å². The standard InChI is InChI=1S/C13H12FNO2S/c1-8-2-3-10(14)11(6-8)15-7-9-4-5-18-12(9)13(16)17/h2-6,15H,7H2,1H3,(H,16,17). The molecular formula is C13H12FNO2S. The van der Waals surface area contributed by atoms with E-state index in [4.69, 9.17) is 5.11 Å². The summed E-state index contributed by atoms with van der Waals surface area (Å²) >= 11 is 1.17. The molecule has 2 aromatic rings. The van der Waals surface area contributed by atoms with Crippen molar-refractivity contribution >= 4 is 23.0 Å². The number of halogens is 1. The van der Waals surface area contributed by atoms with Gasteiger partial charge in [-0.3, -0.25) is 0 Å². The number of anilines is 1. The van der Waals surface area contributed by atoms with E-state index >= 15 is 0 Å². The van der Waals surface area contributed by atoms with Crippen LogP contribution in [0.25, 0.3) is 0 Å². The predicted octanol–water partition coefficient (Wildman–Crippen LogP) is 3.51. The van der Waals surface area contributed by atoms with Crippen LogP contribution in [0.5, 0.6) is 0 Å². The van der Waals surface area contributed by atoms with Gasteiger partial charge >= 0.3 is 5.97 Å². The molecule has 1 aromatic carbocycles. The highest BCUT2D eigenvalue weighted by molar-refractivity contribution is 7.12. The summed E-state index contributed by atoms with van der Waals surface area (Å²) in [4.78, 5) is 11.2. The Bertz CT molecular complexity index is 580. The predicted molar refractivity (Wildman–Crippen MR) is 69.7 cm³/mol. The van der Waals surface area contributed by atoms with Crippen molar-refractivity contribution in [2.24, 2.45) is 0 Å². The lowest BCUT2D eigenvalue weighted by molar-refractivity contribution is 0.0701. The third kappa shape index (κ3) is 2.68. The number of benzene rings is 1. The fraction of sp³-hybridized carbons (Fsp3) is 0.154. The fourth-order valence-corrected chi connectivity index (χ4v) is 2.39. The topological polar surface area (TPSA) is 49.3 Å². The lowest BCUT2D eigenvalue weighted by Gasteiger charge is -2.08. The van der Waals surface area contributed by atoms with Crippen LogP contribution in [0.15, 0.2) is 29.6 Å². The van der Waals surface area contributed by atoms with Crippen LogP contribution in [0.4, 0.5) is 10.1 Å². The molecule has 18 heavy (non-hydrogen) atoms. The molecule has 94 valence electrons. The zero-order valence-electron chi connectivity index (χ0n) is 9.74. The number of hydrogen-bond donors (Lipinski definition) is 2. The summed E-state index contributed by atoms with van der Waals surface area (Å²) in [5.74, 6) is -1.29. The van der Waals surface area contributed by atoms with Crippen LogP contribution >= 0.6 is 11.3 Å². The Labute approximate surface area is 108 Å². The van der Waals surface area contributed by atoms with Gasteiger partial charge in [-0.2, -0.15) is 0 Å². The Balaban J connectivity index is 2.14. The van der Waals surface area contributed by atoms with E-state index < -0.39 is 5.97 Å². The van der Waals surface area contributed by atoms with Crippen molar-refractivity contribution in [1.82, 2.24) is 0 Å². The lowest BCUT2D eigenvalue weighted by atomic mass is 10.2. The van der Waals surface area contributed by atoms with Gasteiger partial charge in [0, 0.05) is 6.54 Å². The van der Waals surface area contributed by atoms with Gasteiger partial charge in [0.25, 0.3) is 0 Å². The summed E-state index contributed by atoms with van der Waals surface area (Å²) in [7, 11) is 0. The number of carboxylic acids is 1. The van der Waals surface area contributed by atoms with Crippen molar-refractivity contribution in [3.8, 4) is 0 Å². The average Bonchev–Trinajstić information content (AvgIpc) is 2.79. The molecule has 0 fully saturated rings. The molecule has 1 heterocycles. The molecular weight excluding hydrogens is 253 g/mol. The molecule has 0 bridgehead atoms. The molecule has 2 rings (SSSR count). The number of thiophene rings is 1. The van der Waals surface area contributed by atoms with Crippen LogP contribution < -0.4 is 5.32 Å². The summed E-state index contributed by atoms with van der Waals surface area (Å²) in [6.07, 6.45) is 0. The molecule has 0 aliphatic carbocycles. The molecule has 0 saturated heterocycles.